The highest BCUT2D eigenvalue weighted by atomic mass is 16.7. The fraction of sp³-hybridized carbons (Fsp3) is 0.975. The largest absolute Gasteiger partial charge is 0.481 e. The third kappa shape index (κ3) is 7.19. The Morgan fingerprint density at radius 3 is 2.25 bits per heavy atom. The van der Waals surface area contributed by atoms with Gasteiger partial charge in [0, 0.05) is 37.7 Å². The Hall–Kier alpha value is -0.890. The SMILES string of the molecule is CO[C@@H]1C[C@@H](C[C@H]2CC[C@H](C)[C@H]([C@@H](C)C(=O)O)O2)OC2(O[C@](C)([C@H]3CC[C@@](C)([C@@H]4O[C@@H]([C@H]5O[C@@](O)(CO)[C@@H](C)C[C@@H]5C)C[C@@H]4C)O3)CC2C)[C@@H]1C. The minimum Gasteiger partial charge on any atom is -0.481 e. The Morgan fingerprint density at radius 2 is 1.59 bits per heavy atom. The lowest BCUT2D eigenvalue weighted by Crippen LogP contribution is -2.58. The van der Waals surface area contributed by atoms with E-state index in [2.05, 4.69) is 48.5 Å². The number of rotatable bonds is 9. The number of methoxy groups -OCH3 is 1. The van der Waals surface area contributed by atoms with E-state index < -0.39 is 41.3 Å². The van der Waals surface area contributed by atoms with Crippen molar-refractivity contribution < 1.29 is 53.3 Å². The predicted octanol–water partition coefficient (Wildman–Crippen LogP) is 5.71. The van der Waals surface area contributed by atoms with Crippen LogP contribution in [0.15, 0.2) is 0 Å². The number of hydrogen-bond acceptors (Lipinski definition) is 10. The molecule has 294 valence electrons. The average Bonchev–Trinajstić information content (AvgIpc) is 3.75. The molecule has 6 fully saturated rings. The number of carboxylic acid groups (broad SMARTS) is 1. The Kier molecular flexibility index (Phi) is 11.4. The van der Waals surface area contributed by atoms with Crippen molar-refractivity contribution in [2.24, 2.45) is 41.4 Å². The molecule has 0 aliphatic carbocycles. The summed E-state index contributed by atoms with van der Waals surface area (Å²) in [5.41, 5.74) is -1.10. The monoisotopic (exact) mass is 724 g/mol. The zero-order valence-electron chi connectivity index (χ0n) is 32.8. The topological polar surface area (TPSA) is 142 Å². The van der Waals surface area contributed by atoms with Crippen molar-refractivity contribution in [1.82, 2.24) is 0 Å². The molecule has 6 saturated heterocycles. The summed E-state index contributed by atoms with van der Waals surface area (Å²) in [6, 6.07) is 0. The standard InChI is InChI=1S/C40H68O11/c1-21-11-12-28(46-33(21)26(6)36(42)43)17-29-18-30(45-10)27(7)40(48-29)25(5)19-38(9,51-40)32-13-14-37(8,49-32)35-23(3)16-31(47-35)34-22(2)15-24(4)39(44,20-41)50-34/h21-35,41,44H,11-20H2,1-10H3,(H,42,43)/t21-,22-,23-,24-,25?,26+,27+,28+,29+,30+,31+,32+,33+,34-,35+,37-,38-,39-,40?/m0/s1. The normalized spacial score (nSPS) is 54.2. The van der Waals surface area contributed by atoms with Gasteiger partial charge in [0.25, 0.3) is 0 Å². The van der Waals surface area contributed by atoms with Gasteiger partial charge in [-0.05, 0) is 83.5 Å². The van der Waals surface area contributed by atoms with Gasteiger partial charge in [-0.25, -0.2) is 0 Å². The Bertz CT molecular complexity index is 1230. The number of carbonyl (C=O) groups is 1. The number of hydrogen-bond donors (Lipinski definition) is 3. The maximum atomic E-state index is 11.8. The van der Waals surface area contributed by atoms with Gasteiger partial charge in [-0.1, -0.05) is 41.5 Å². The number of aliphatic hydroxyl groups is 2. The zero-order valence-corrected chi connectivity index (χ0v) is 32.8. The molecule has 0 aromatic heterocycles. The van der Waals surface area contributed by atoms with E-state index in [4.69, 9.17) is 33.2 Å². The second kappa shape index (κ2) is 14.6. The highest BCUT2D eigenvalue weighted by Gasteiger charge is 2.65. The number of carboxylic acids is 1. The summed E-state index contributed by atoms with van der Waals surface area (Å²) >= 11 is 0. The highest BCUT2D eigenvalue weighted by molar-refractivity contribution is 5.70. The molecule has 3 N–H and O–H groups in total. The summed E-state index contributed by atoms with van der Waals surface area (Å²) in [6.07, 6.45) is 5.85. The van der Waals surface area contributed by atoms with Crippen molar-refractivity contribution in [1.29, 1.82) is 0 Å². The van der Waals surface area contributed by atoms with Gasteiger partial charge in [0.2, 0.25) is 0 Å². The van der Waals surface area contributed by atoms with Crippen molar-refractivity contribution in [3.05, 3.63) is 0 Å². The first-order valence-electron chi connectivity index (χ1n) is 20.0. The average molecular weight is 725 g/mol. The molecular formula is C40H68O11. The fourth-order valence-corrected chi connectivity index (χ4v) is 11.3. The van der Waals surface area contributed by atoms with Crippen molar-refractivity contribution in [3.63, 3.8) is 0 Å². The summed E-state index contributed by atoms with van der Waals surface area (Å²) in [5.74, 6) is -3.26. The van der Waals surface area contributed by atoms with Crippen molar-refractivity contribution >= 4 is 5.97 Å². The maximum Gasteiger partial charge on any atom is 0.308 e. The van der Waals surface area contributed by atoms with Gasteiger partial charge in [0.1, 0.15) is 0 Å². The highest BCUT2D eigenvalue weighted by Crippen LogP contribution is 2.57. The van der Waals surface area contributed by atoms with Crippen LogP contribution in [0.1, 0.15) is 120 Å². The van der Waals surface area contributed by atoms with Gasteiger partial charge >= 0.3 is 5.97 Å². The molecule has 0 aromatic carbocycles. The number of aliphatic hydroxyl groups excluding tert-OH is 1. The molecule has 0 amide bonds. The summed E-state index contributed by atoms with van der Waals surface area (Å²) in [4.78, 5) is 11.8. The minimum atomic E-state index is -1.55. The van der Waals surface area contributed by atoms with Crippen molar-refractivity contribution in [2.75, 3.05) is 13.7 Å². The lowest BCUT2D eigenvalue weighted by Gasteiger charge is -2.50. The van der Waals surface area contributed by atoms with Crippen LogP contribution in [-0.4, -0.2) is 107 Å². The van der Waals surface area contributed by atoms with E-state index >= 15 is 0 Å². The van der Waals surface area contributed by atoms with Crippen LogP contribution in [0.25, 0.3) is 0 Å². The minimum absolute atomic E-state index is 0.00727. The zero-order chi connectivity index (χ0) is 37.3. The van der Waals surface area contributed by atoms with Gasteiger partial charge in [-0.2, -0.15) is 0 Å². The first kappa shape index (κ1) is 39.8. The Balaban J connectivity index is 1.13. The quantitative estimate of drug-likeness (QED) is 0.269. The lowest BCUT2D eigenvalue weighted by atomic mass is 9.78. The molecule has 6 aliphatic heterocycles. The van der Waals surface area contributed by atoms with Crippen molar-refractivity contribution in [3.8, 4) is 0 Å². The Morgan fingerprint density at radius 1 is 0.863 bits per heavy atom. The third-order valence-corrected chi connectivity index (χ3v) is 14.4. The van der Waals surface area contributed by atoms with E-state index in [0.717, 1.165) is 51.4 Å². The third-order valence-electron chi connectivity index (χ3n) is 14.4. The molecule has 2 unspecified atom stereocenters. The molecule has 1 spiro atoms. The van der Waals surface area contributed by atoms with Crippen LogP contribution in [0.4, 0.5) is 0 Å². The van der Waals surface area contributed by atoms with Crippen molar-refractivity contribution in [2.45, 2.75) is 192 Å². The molecule has 51 heavy (non-hydrogen) atoms. The first-order chi connectivity index (χ1) is 23.9. The van der Waals surface area contributed by atoms with E-state index in [-0.39, 0.29) is 84.3 Å². The molecular weight excluding hydrogens is 656 g/mol. The van der Waals surface area contributed by atoms with Crippen LogP contribution in [0.3, 0.4) is 0 Å². The molecule has 0 bridgehead atoms. The summed E-state index contributed by atoms with van der Waals surface area (Å²) < 4.78 is 47.0. The molecule has 11 heteroatoms. The van der Waals surface area contributed by atoms with E-state index in [1.807, 2.05) is 6.92 Å². The summed E-state index contributed by atoms with van der Waals surface area (Å²) in [5, 5.41) is 30.7. The second-order valence-corrected chi connectivity index (χ2v) is 18.4. The van der Waals surface area contributed by atoms with Gasteiger partial charge in [0.05, 0.1) is 72.6 Å². The molecule has 11 nitrogen and oxygen atoms in total. The molecule has 0 aromatic rings. The van der Waals surface area contributed by atoms with E-state index in [9.17, 15) is 20.1 Å². The maximum absolute atomic E-state index is 11.8. The second-order valence-electron chi connectivity index (χ2n) is 18.4. The molecule has 0 saturated carbocycles. The lowest BCUT2D eigenvalue weighted by molar-refractivity contribution is -0.353. The molecule has 19 atom stereocenters. The van der Waals surface area contributed by atoms with Gasteiger partial charge < -0.3 is 48.5 Å². The van der Waals surface area contributed by atoms with E-state index in [1.54, 1.807) is 14.0 Å². The van der Waals surface area contributed by atoms with E-state index in [1.165, 1.54) is 0 Å². The van der Waals surface area contributed by atoms with E-state index in [0.29, 0.717) is 6.42 Å². The van der Waals surface area contributed by atoms with Crippen LogP contribution in [0, 0.1) is 41.4 Å². The molecule has 6 heterocycles. The van der Waals surface area contributed by atoms with Crippen LogP contribution in [0.2, 0.25) is 0 Å². The Labute approximate surface area is 305 Å². The molecule has 0 radical (unpaired) electrons. The molecule has 6 rings (SSSR count). The van der Waals surface area contributed by atoms with Gasteiger partial charge in [-0.3, -0.25) is 4.79 Å². The predicted molar refractivity (Wildman–Crippen MR) is 189 cm³/mol. The smallest absolute Gasteiger partial charge is 0.308 e. The van der Waals surface area contributed by atoms with Crippen LogP contribution >= 0.6 is 0 Å². The van der Waals surface area contributed by atoms with Gasteiger partial charge in [0.15, 0.2) is 11.6 Å². The molecule has 6 aliphatic rings. The summed E-state index contributed by atoms with van der Waals surface area (Å²) in [6.45, 7) is 18.4. The van der Waals surface area contributed by atoms with Crippen LogP contribution < -0.4 is 0 Å². The summed E-state index contributed by atoms with van der Waals surface area (Å²) in [7, 11) is 1.77. The number of aliphatic carboxylic acids is 1. The van der Waals surface area contributed by atoms with Crippen LogP contribution in [0.5, 0.6) is 0 Å². The number of ether oxygens (including phenoxy) is 7. The fourth-order valence-electron chi connectivity index (χ4n) is 11.3. The first-order valence-corrected chi connectivity index (χ1v) is 20.0. The van der Waals surface area contributed by atoms with Crippen LogP contribution in [-0.2, 0) is 38.0 Å². The van der Waals surface area contributed by atoms with Gasteiger partial charge in [-0.15, -0.1) is 0 Å².